The van der Waals surface area contributed by atoms with Crippen molar-refractivity contribution < 1.29 is 4.74 Å². The van der Waals surface area contributed by atoms with Crippen molar-refractivity contribution in [3.8, 4) is 5.75 Å². The number of hydrogen-bond acceptors (Lipinski definition) is 2. The molecule has 2 atom stereocenters. The lowest BCUT2D eigenvalue weighted by molar-refractivity contribution is 0.183. The van der Waals surface area contributed by atoms with Crippen LogP contribution in [0.2, 0.25) is 0 Å². The van der Waals surface area contributed by atoms with Gasteiger partial charge in [-0.1, -0.05) is 36.4 Å². The molecule has 2 unspecified atom stereocenters. The summed E-state index contributed by atoms with van der Waals surface area (Å²) in [6.07, 6.45) is 1.13. The molecule has 3 rings (SSSR count). The van der Waals surface area contributed by atoms with Crippen LogP contribution in [-0.2, 0) is 6.42 Å². The zero-order valence-corrected chi connectivity index (χ0v) is 12.3. The molecule has 2 nitrogen and oxygen atoms in total. The van der Waals surface area contributed by atoms with Gasteiger partial charge < -0.3 is 10.1 Å². The SMILES string of the molecule is CNC(c1ccc(C)c(C)c1)C1Cc2ccccc2O1. The summed E-state index contributed by atoms with van der Waals surface area (Å²) in [7, 11) is 2.01. The molecule has 2 aromatic rings. The third kappa shape index (κ3) is 2.32. The van der Waals surface area contributed by atoms with E-state index in [9.17, 15) is 0 Å². The molecular formula is C18H21NO. The summed E-state index contributed by atoms with van der Waals surface area (Å²) < 4.78 is 6.12. The molecule has 0 bridgehead atoms. The summed E-state index contributed by atoms with van der Waals surface area (Å²) in [6, 6.07) is 15.2. The average molecular weight is 267 g/mol. The van der Waals surface area contributed by atoms with Crippen molar-refractivity contribution in [1.82, 2.24) is 5.32 Å². The fraction of sp³-hybridized carbons (Fsp3) is 0.333. The predicted octanol–water partition coefficient (Wildman–Crippen LogP) is 3.57. The first-order valence-electron chi connectivity index (χ1n) is 7.18. The van der Waals surface area contributed by atoms with Gasteiger partial charge in [0.25, 0.3) is 0 Å². The van der Waals surface area contributed by atoms with Gasteiger partial charge >= 0.3 is 0 Å². The summed E-state index contributed by atoms with van der Waals surface area (Å²) in [6.45, 7) is 4.31. The Kier molecular flexibility index (Phi) is 3.49. The monoisotopic (exact) mass is 267 g/mol. The summed E-state index contributed by atoms with van der Waals surface area (Å²) in [5.41, 5.74) is 5.27. The Morgan fingerprint density at radius 2 is 1.90 bits per heavy atom. The minimum atomic E-state index is 0.166. The topological polar surface area (TPSA) is 21.3 Å². The fourth-order valence-corrected chi connectivity index (χ4v) is 2.92. The normalized spacial score (nSPS) is 18.4. The molecule has 0 radical (unpaired) electrons. The van der Waals surface area contributed by atoms with E-state index in [4.69, 9.17) is 4.74 Å². The maximum atomic E-state index is 6.12. The molecule has 0 amide bonds. The molecular weight excluding hydrogens is 246 g/mol. The molecule has 0 aliphatic carbocycles. The number of para-hydroxylation sites is 1. The Morgan fingerprint density at radius 1 is 1.10 bits per heavy atom. The first kappa shape index (κ1) is 13.2. The minimum Gasteiger partial charge on any atom is -0.488 e. The molecule has 1 aliphatic heterocycles. The first-order valence-corrected chi connectivity index (χ1v) is 7.18. The van der Waals surface area contributed by atoms with Crippen LogP contribution in [0.3, 0.4) is 0 Å². The number of fused-ring (bicyclic) bond motifs is 1. The van der Waals surface area contributed by atoms with E-state index >= 15 is 0 Å². The van der Waals surface area contributed by atoms with Gasteiger partial charge in [0.15, 0.2) is 0 Å². The number of nitrogens with one attached hydrogen (secondary N) is 1. The van der Waals surface area contributed by atoms with Crippen LogP contribution in [0.5, 0.6) is 5.75 Å². The maximum absolute atomic E-state index is 6.12. The molecule has 1 aliphatic rings. The van der Waals surface area contributed by atoms with Crippen molar-refractivity contribution in [2.24, 2.45) is 0 Å². The third-order valence-corrected chi connectivity index (χ3v) is 4.24. The lowest BCUT2D eigenvalue weighted by atomic mass is 9.95. The van der Waals surface area contributed by atoms with Gasteiger partial charge in [0.1, 0.15) is 11.9 Å². The van der Waals surface area contributed by atoms with Gasteiger partial charge in [-0.15, -0.1) is 0 Å². The van der Waals surface area contributed by atoms with E-state index in [0.717, 1.165) is 12.2 Å². The summed E-state index contributed by atoms with van der Waals surface area (Å²) >= 11 is 0. The van der Waals surface area contributed by atoms with Crippen LogP contribution in [0.25, 0.3) is 0 Å². The van der Waals surface area contributed by atoms with E-state index < -0.39 is 0 Å². The fourth-order valence-electron chi connectivity index (χ4n) is 2.92. The van der Waals surface area contributed by atoms with E-state index in [1.54, 1.807) is 0 Å². The zero-order chi connectivity index (χ0) is 14.1. The van der Waals surface area contributed by atoms with E-state index in [1.807, 2.05) is 13.1 Å². The third-order valence-electron chi connectivity index (χ3n) is 4.24. The van der Waals surface area contributed by atoms with Gasteiger partial charge in [-0.2, -0.15) is 0 Å². The summed E-state index contributed by atoms with van der Waals surface area (Å²) in [5, 5.41) is 3.42. The lowest BCUT2D eigenvalue weighted by Gasteiger charge is -2.24. The smallest absolute Gasteiger partial charge is 0.123 e. The number of rotatable bonds is 3. The van der Waals surface area contributed by atoms with Crippen molar-refractivity contribution in [3.63, 3.8) is 0 Å². The second kappa shape index (κ2) is 5.29. The number of aryl methyl sites for hydroxylation is 2. The minimum absolute atomic E-state index is 0.166. The first-order chi connectivity index (χ1) is 9.69. The van der Waals surface area contributed by atoms with Crippen molar-refractivity contribution >= 4 is 0 Å². The Balaban J connectivity index is 1.87. The highest BCUT2D eigenvalue weighted by Gasteiger charge is 2.30. The zero-order valence-electron chi connectivity index (χ0n) is 12.3. The van der Waals surface area contributed by atoms with Crippen LogP contribution in [0, 0.1) is 13.8 Å². The van der Waals surface area contributed by atoms with Crippen molar-refractivity contribution in [2.45, 2.75) is 32.4 Å². The Hall–Kier alpha value is -1.80. The van der Waals surface area contributed by atoms with Crippen LogP contribution >= 0.6 is 0 Å². The van der Waals surface area contributed by atoms with E-state index in [-0.39, 0.29) is 12.1 Å². The van der Waals surface area contributed by atoms with Gasteiger partial charge in [-0.25, -0.2) is 0 Å². The predicted molar refractivity (Wildman–Crippen MR) is 82.3 cm³/mol. The summed E-state index contributed by atoms with van der Waals surface area (Å²) in [4.78, 5) is 0. The number of benzene rings is 2. The summed E-state index contributed by atoms with van der Waals surface area (Å²) in [5.74, 6) is 1.03. The van der Waals surface area contributed by atoms with Gasteiger partial charge in [0.2, 0.25) is 0 Å². The van der Waals surface area contributed by atoms with Crippen molar-refractivity contribution in [1.29, 1.82) is 0 Å². The van der Waals surface area contributed by atoms with Crippen LogP contribution < -0.4 is 10.1 Å². The lowest BCUT2D eigenvalue weighted by Crippen LogP contribution is -2.32. The molecule has 0 saturated carbocycles. The van der Waals surface area contributed by atoms with E-state index in [1.165, 1.54) is 22.3 Å². The molecule has 0 fully saturated rings. The van der Waals surface area contributed by atoms with Gasteiger partial charge in [0.05, 0.1) is 6.04 Å². The van der Waals surface area contributed by atoms with E-state index in [2.05, 4.69) is 55.6 Å². The molecule has 0 spiro atoms. The van der Waals surface area contributed by atoms with Gasteiger partial charge in [-0.05, 0) is 49.2 Å². The quantitative estimate of drug-likeness (QED) is 0.918. The van der Waals surface area contributed by atoms with Gasteiger partial charge in [0, 0.05) is 6.42 Å². The average Bonchev–Trinajstić information content (AvgIpc) is 2.87. The molecule has 104 valence electrons. The number of ether oxygens (including phenoxy) is 1. The number of hydrogen-bond donors (Lipinski definition) is 1. The maximum Gasteiger partial charge on any atom is 0.123 e. The van der Waals surface area contributed by atoms with Crippen LogP contribution in [0.1, 0.15) is 28.3 Å². The Bertz CT molecular complexity index is 596. The second-order valence-electron chi connectivity index (χ2n) is 5.58. The van der Waals surface area contributed by atoms with Crippen LogP contribution in [-0.4, -0.2) is 13.2 Å². The molecule has 0 saturated heterocycles. The highest BCUT2D eigenvalue weighted by molar-refractivity contribution is 5.39. The molecule has 1 N–H and O–H groups in total. The van der Waals surface area contributed by atoms with Crippen molar-refractivity contribution in [2.75, 3.05) is 7.05 Å². The molecule has 2 heteroatoms. The standard InChI is InChI=1S/C18H21NO/c1-12-8-9-15(10-13(12)2)18(19-3)17-11-14-6-4-5-7-16(14)20-17/h4-10,17-19H,11H2,1-3H3. The largest absolute Gasteiger partial charge is 0.488 e. The molecule has 0 aromatic heterocycles. The Labute approximate surface area is 120 Å². The van der Waals surface area contributed by atoms with Crippen molar-refractivity contribution in [3.05, 3.63) is 64.7 Å². The van der Waals surface area contributed by atoms with Crippen LogP contribution in [0.4, 0.5) is 0 Å². The van der Waals surface area contributed by atoms with Crippen LogP contribution in [0.15, 0.2) is 42.5 Å². The van der Waals surface area contributed by atoms with Gasteiger partial charge in [-0.3, -0.25) is 0 Å². The van der Waals surface area contributed by atoms with E-state index in [0.29, 0.717) is 0 Å². The molecule has 2 aromatic carbocycles. The highest BCUT2D eigenvalue weighted by Crippen LogP contribution is 2.34. The molecule has 20 heavy (non-hydrogen) atoms. The highest BCUT2D eigenvalue weighted by atomic mass is 16.5. The Morgan fingerprint density at radius 3 is 2.60 bits per heavy atom. The molecule has 1 heterocycles. The number of likely N-dealkylation sites (N-methyl/N-ethyl adjacent to an activating group) is 1. The second-order valence-corrected chi connectivity index (χ2v) is 5.58.